The Kier molecular flexibility index (Phi) is 63.4. The van der Waals surface area contributed by atoms with Crippen molar-refractivity contribution in [2.75, 3.05) is 39.6 Å². The molecule has 0 aromatic carbocycles. The van der Waals surface area contributed by atoms with E-state index in [1.807, 2.05) is 0 Å². The van der Waals surface area contributed by atoms with Crippen LogP contribution in [0.3, 0.4) is 0 Å². The van der Waals surface area contributed by atoms with Crippen molar-refractivity contribution in [2.24, 2.45) is 17.8 Å². The third kappa shape index (κ3) is 68.4. The van der Waals surface area contributed by atoms with Gasteiger partial charge in [0.05, 0.1) is 26.4 Å². The van der Waals surface area contributed by atoms with E-state index in [1.54, 1.807) is 0 Å². The van der Waals surface area contributed by atoms with Gasteiger partial charge in [0.15, 0.2) is 12.2 Å². The summed E-state index contributed by atoms with van der Waals surface area (Å²) in [6, 6.07) is 0. The minimum atomic E-state index is -4.96. The Morgan fingerprint density at radius 1 is 0.290 bits per heavy atom. The van der Waals surface area contributed by atoms with Crippen molar-refractivity contribution in [1.29, 1.82) is 0 Å². The summed E-state index contributed by atoms with van der Waals surface area (Å²) < 4.78 is 68.4. The van der Waals surface area contributed by atoms with Gasteiger partial charge in [-0.05, 0) is 43.4 Å². The molecule has 0 aromatic heterocycles. The highest BCUT2D eigenvalue weighted by Crippen LogP contribution is 2.45. The maximum Gasteiger partial charge on any atom is 0.472 e. The molecule has 0 heterocycles. The predicted octanol–water partition coefficient (Wildman–Crippen LogP) is 21.4. The first-order valence-corrected chi connectivity index (χ1v) is 41.3. The Hall–Kier alpha value is -1.94. The van der Waals surface area contributed by atoms with E-state index in [4.69, 9.17) is 37.0 Å². The molecule has 0 spiro atoms. The molecule has 19 heteroatoms. The number of esters is 4. The molecule has 93 heavy (non-hydrogen) atoms. The van der Waals surface area contributed by atoms with Crippen LogP contribution in [0.25, 0.3) is 0 Å². The van der Waals surface area contributed by atoms with Gasteiger partial charge in [-0.25, -0.2) is 9.13 Å². The van der Waals surface area contributed by atoms with Crippen LogP contribution in [-0.2, 0) is 65.4 Å². The second kappa shape index (κ2) is 64.7. The van der Waals surface area contributed by atoms with Crippen molar-refractivity contribution >= 4 is 39.5 Å². The molecule has 3 N–H and O–H groups in total. The lowest BCUT2D eigenvalue weighted by Crippen LogP contribution is -2.30. The number of hydrogen-bond acceptors (Lipinski definition) is 15. The van der Waals surface area contributed by atoms with Gasteiger partial charge in [0.25, 0.3) is 0 Å². The third-order valence-corrected chi connectivity index (χ3v) is 19.0. The molecular formula is C74H144O17P2. The van der Waals surface area contributed by atoms with Crippen molar-refractivity contribution in [3.8, 4) is 0 Å². The monoisotopic (exact) mass is 1370 g/mol. The highest BCUT2D eigenvalue weighted by atomic mass is 31.2. The van der Waals surface area contributed by atoms with E-state index in [9.17, 15) is 43.2 Å². The van der Waals surface area contributed by atoms with Crippen LogP contribution in [-0.4, -0.2) is 96.7 Å². The first kappa shape index (κ1) is 91.1. The first-order valence-electron chi connectivity index (χ1n) is 38.3. The molecule has 0 aliphatic rings. The van der Waals surface area contributed by atoms with Crippen molar-refractivity contribution in [3.05, 3.63) is 0 Å². The number of ether oxygens (including phenoxy) is 4. The number of carbonyl (C=O) groups is 4. The van der Waals surface area contributed by atoms with Crippen LogP contribution in [0.4, 0.5) is 0 Å². The zero-order valence-electron chi connectivity index (χ0n) is 60.7. The van der Waals surface area contributed by atoms with Crippen LogP contribution >= 0.6 is 15.6 Å². The second-order valence-electron chi connectivity index (χ2n) is 28.1. The van der Waals surface area contributed by atoms with Gasteiger partial charge in [0.1, 0.15) is 19.3 Å². The summed E-state index contributed by atoms with van der Waals surface area (Å²) in [7, 11) is -9.90. The fraction of sp³-hybridized carbons (Fsp3) is 0.946. The third-order valence-electron chi connectivity index (χ3n) is 17.1. The molecule has 5 atom stereocenters. The van der Waals surface area contributed by atoms with Crippen LogP contribution < -0.4 is 0 Å². The fourth-order valence-corrected chi connectivity index (χ4v) is 12.8. The fourth-order valence-electron chi connectivity index (χ4n) is 11.2. The Labute approximate surface area is 568 Å². The summed E-state index contributed by atoms with van der Waals surface area (Å²) in [6.07, 6.45) is 50.0. The minimum absolute atomic E-state index is 0.106. The zero-order chi connectivity index (χ0) is 68.7. The molecule has 0 saturated carbocycles. The summed E-state index contributed by atoms with van der Waals surface area (Å²) in [5, 5.41) is 10.6. The zero-order valence-corrected chi connectivity index (χ0v) is 62.5. The molecule has 0 amide bonds. The predicted molar refractivity (Wildman–Crippen MR) is 377 cm³/mol. The molecule has 0 rings (SSSR count). The topological polar surface area (TPSA) is 237 Å². The molecule has 0 radical (unpaired) electrons. The van der Waals surface area contributed by atoms with E-state index in [1.165, 1.54) is 173 Å². The molecule has 17 nitrogen and oxygen atoms in total. The van der Waals surface area contributed by atoms with E-state index in [0.717, 1.165) is 120 Å². The SMILES string of the molecule is CCCCCCCCCC(=O)OC[C@H](COP(=O)(O)OC[C@H](O)COP(=O)(O)OC[C@@H](COC(=O)CCCCCCCCCCCCCCC(C)C)OC(=O)CCCCCCCCCCCCCCCCC(C)C)OC(=O)CCCCCCCCCCCCCC(C)C. The highest BCUT2D eigenvalue weighted by molar-refractivity contribution is 7.47. The van der Waals surface area contributed by atoms with Gasteiger partial charge in [-0.1, -0.05) is 325 Å². The van der Waals surface area contributed by atoms with E-state index in [-0.39, 0.29) is 25.7 Å². The van der Waals surface area contributed by atoms with Crippen molar-refractivity contribution < 1.29 is 80.2 Å². The highest BCUT2D eigenvalue weighted by Gasteiger charge is 2.30. The number of aliphatic hydroxyl groups excluding tert-OH is 1. The number of rotatable bonds is 72. The van der Waals surface area contributed by atoms with Crippen molar-refractivity contribution in [1.82, 2.24) is 0 Å². The number of aliphatic hydroxyl groups is 1. The van der Waals surface area contributed by atoms with Gasteiger partial charge in [-0.3, -0.25) is 37.3 Å². The van der Waals surface area contributed by atoms with Crippen LogP contribution in [0.1, 0.15) is 376 Å². The lowest BCUT2D eigenvalue weighted by Gasteiger charge is -2.21. The van der Waals surface area contributed by atoms with Crippen LogP contribution in [0, 0.1) is 17.8 Å². The van der Waals surface area contributed by atoms with Gasteiger partial charge >= 0.3 is 39.5 Å². The van der Waals surface area contributed by atoms with Gasteiger partial charge in [0, 0.05) is 25.7 Å². The summed E-state index contributed by atoms with van der Waals surface area (Å²) in [5.74, 6) is 0.219. The molecule has 0 bridgehead atoms. The summed E-state index contributed by atoms with van der Waals surface area (Å²) in [5.41, 5.74) is 0. The number of carbonyl (C=O) groups excluding carboxylic acids is 4. The molecule has 0 aliphatic heterocycles. The molecule has 0 fully saturated rings. The Bertz CT molecular complexity index is 1820. The Morgan fingerprint density at radius 3 is 0.731 bits per heavy atom. The summed E-state index contributed by atoms with van der Waals surface area (Å²) in [6.45, 7) is 11.9. The van der Waals surface area contributed by atoms with Gasteiger partial charge < -0.3 is 33.8 Å². The lowest BCUT2D eigenvalue weighted by molar-refractivity contribution is -0.161. The van der Waals surface area contributed by atoms with Gasteiger partial charge in [-0.15, -0.1) is 0 Å². The average molecular weight is 1370 g/mol. The Balaban J connectivity index is 5.21. The van der Waals surface area contributed by atoms with E-state index >= 15 is 0 Å². The molecule has 0 aromatic rings. The van der Waals surface area contributed by atoms with Crippen molar-refractivity contribution in [3.63, 3.8) is 0 Å². The van der Waals surface area contributed by atoms with Crippen LogP contribution in [0.5, 0.6) is 0 Å². The van der Waals surface area contributed by atoms with Crippen LogP contribution in [0.2, 0.25) is 0 Å². The van der Waals surface area contributed by atoms with Gasteiger partial charge in [-0.2, -0.15) is 0 Å². The number of hydrogen-bond donors (Lipinski definition) is 3. The average Bonchev–Trinajstić information content (AvgIpc) is 2.66. The lowest BCUT2D eigenvalue weighted by atomic mass is 10.0. The first-order chi connectivity index (χ1) is 44.7. The Morgan fingerprint density at radius 2 is 0.495 bits per heavy atom. The standard InChI is InChI=1S/C74H144O17P2/c1-8-9-10-11-31-41-48-55-71(76)84-61-69(90-74(79)58-51-44-37-30-24-18-21-27-34-40-47-54-67(6)7)63-88-92(80,81)86-59-68(75)60-87-93(82,83)89-64-70(62-85-72(77)56-49-42-35-28-22-17-16-20-26-33-39-46-53-66(4)5)91-73(78)57-50-43-36-29-23-15-13-12-14-19-25-32-38-45-52-65(2)3/h65-70,75H,8-64H2,1-7H3,(H,80,81)(H,82,83)/t68-,69+,70+/m0/s1. The second-order valence-corrected chi connectivity index (χ2v) is 31.0. The maximum atomic E-state index is 13.1. The maximum absolute atomic E-state index is 13.1. The van der Waals surface area contributed by atoms with E-state index < -0.39 is 97.5 Å². The summed E-state index contributed by atoms with van der Waals surface area (Å²) in [4.78, 5) is 72.6. The van der Waals surface area contributed by atoms with Crippen LogP contribution in [0.15, 0.2) is 0 Å². The van der Waals surface area contributed by atoms with Gasteiger partial charge in [0.2, 0.25) is 0 Å². The molecule has 0 saturated heterocycles. The smallest absolute Gasteiger partial charge is 0.462 e. The summed E-state index contributed by atoms with van der Waals surface area (Å²) >= 11 is 0. The number of phosphoric ester groups is 2. The largest absolute Gasteiger partial charge is 0.472 e. The minimum Gasteiger partial charge on any atom is -0.462 e. The molecule has 0 aliphatic carbocycles. The molecule has 552 valence electrons. The van der Waals surface area contributed by atoms with Crippen molar-refractivity contribution in [2.45, 2.75) is 394 Å². The van der Waals surface area contributed by atoms with E-state index in [0.29, 0.717) is 25.7 Å². The molecular weight excluding hydrogens is 1220 g/mol. The van der Waals surface area contributed by atoms with E-state index in [2.05, 4.69) is 48.5 Å². The number of phosphoric acid groups is 2. The normalized spacial score (nSPS) is 14.1. The number of unbranched alkanes of at least 4 members (excludes halogenated alkanes) is 40. The quantitative estimate of drug-likeness (QED) is 0.0222. The molecule has 2 unspecified atom stereocenters.